The summed E-state index contributed by atoms with van der Waals surface area (Å²) in [6.07, 6.45) is 3.52. The van der Waals surface area contributed by atoms with Crippen molar-refractivity contribution in [2.45, 2.75) is 13.2 Å². The molecule has 1 aromatic carbocycles. The summed E-state index contributed by atoms with van der Waals surface area (Å²) in [4.78, 5) is 0. The van der Waals surface area contributed by atoms with E-state index in [4.69, 9.17) is 4.74 Å². The zero-order valence-electron chi connectivity index (χ0n) is 9.72. The van der Waals surface area contributed by atoms with E-state index in [-0.39, 0.29) is 6.23 Å². The van der Waals surface area contributed by atoms with E-state index in [2.05, 4.69) is 26.3 Å². The first-order valence-corrected chi connectivity index (χ1v) is 6.13. The van der Waals surface area contributed by atoms with Crippen LogP contribution in [-0.4, -0.2) is 23.1 Å². The van der Waals surface area contributed by atoms with Crippen molar-refractivity contribution >= 4 is 15.9 Å². The molecule has 0 fully saturated rings. The quantitative estimate of drug-likeness (QED) is 0.881. The van der Waals surface area contributed by atoms with Crippen molar-refractivity contribution in [2.24, 2.45) is 0 Å². The Labute approximate surface area is 109 Å². The van der Waals surface area contributed by atoms with Crippen molar-refractivity contribution in [2.75, 3.05) is 7.05 Å². The third-order valence-electron chi connectivity index (χ3n) is 2.38. The topological polar surface area (TPSA) is 39.1 Å². The Kier molecular flexibility index (Phi) is 3.81. The van der Waals surface area contributed by atoms with Crippen molar-refractivity contribution in [3.63, 3.8) is 0 Å². The molecule has 1 N–H and O–H groups in total. The fraction of sp³-hybridized carbons (Fsp3) is 0.250. The van der Waals surface area contributed by atoms with E-state index in [1.54, 1.807) is 10.9 Å². The van der Waals surface area contributed by atoms with Crippen LogP contribution in [0.5, 0.6) is 5.75 Å². The maximum Gasteiger partial charge on any atom is 0.160 e. The Morgan fingerprint density at radius 2 is 2.18 bits per heavy atom. The Balaban J connectivity index is 2.21. The second-order valence-corrected chi connectivity index (χ2v) is 4.48. The Hall–Kier alpha value is -1.33. The molecule has 0 amide bonds. The number of para-hydroxylation sites is 1. The van der Waals surface area contributed by atoms with Gasteiger partial charge in [-0.15, -0.1) is 0 Å². The predicted octanol–water partition coefficient (Wildman–Crippen LogP) is 2.58. The van der Waals surface area contributed by atoms with Crippen LogP contribution in [0.25, 0.3) is 5.69 Å². The van der Waals surface area contributed by atoms with Crippen LogP contribution < -0.4 is 10.1 Å². The van der Waals surface area contributed by atoms with Gasteiger partial charge in [-0.3, -0.25) is 5.32 Å². The molecular weight excluding hydrogens is 282 g/mol. The van der Waals surface area contributed by atoms with E-state index in [1.807, 2.05) is 44.4 Å². The number of aromatic nitrogens is 2. The zero-order valence-corrected chi connectivity index (χ0v) is 11.3. The monoisotopic (exact) mass is 295 g/mol. The van der Waals surface area contributed by atoms with E-state index in [0.717, 1.165) is 15.9 Å². The first-order valence-electron chi connectivity index (χ1n) is 5.34. The van der Waals surface area contributed by atoms with E-state index >= 15 is 0 Å². The van der Waals surface area contributed by atoms with Crippen molar-refractivity contribution in [3.05, 3.63) is 41.1 Å². The molecule has 2 rings (SSSR count). The third kappa shape index (κ3) is 2.87. The first kappa shape index (κ1) is 12.1. The van der Waals surface area contributed by atoms with E-state index in [0.29, 0.717) is 0 Å². The summed E-state index contributed by atoms with van der Waals surface area (Å²) in [5.74, 6) is 0.739. The number of hydrogen-bond acceptors (Lipinski definition) is 3. The molecule has 0 bridgehead atoms. The summed E-state index contributed by atoms with van der Waals surface area (Å²) in [5.41, 5.74) is 0.986. The average molecular weight is 296 g/mol. The molecule has 5 heteroatoms. The minimum Gasteiger partial charge on any atom is -0.472 e. The van der Waals surface area contributed by atoms with Crippen LogP contribution in [0.2, 0.25) is 0 Å². The molecule has 0 radical (unpaired) electrons. The van der Waals surface area contributed by atoms with Crippen LogP contribution in [0, 0.1) is 0 Å². The normalized spacial score (nSPS) is 12.4. The Morgan fingerprint density at radius 3 is 2.88 bits per heavy atom. The number of halogens is 1. The van der Waals surface area contributed by atoms with Gasteiger partial charge in [-0.2, -0.15) is 5.10 Å². The zero-order chi connectivity index (χ0) is 12.3. The number of nitrogens with zero attached hydrogens (tertiary/aromatic N) is 2. The maximum absolute atomic E-state index is 5.60. The minimum absolute atomic E-state index is 0.0353. The van der Waals surface area contributed by atoms with Gasteiger partial charge in [-0.1, -0.05) is 12.1 Å². The summed E-state index contributed by atoms with van der Waals surface area (Å²) in [6.45, 7) is 1.94. The van der Waals surface area contributed by atoms with E-state index < -0.39 is 0 Å². The third-order valence-corrected chi connectivity index (χ3v) is 3.05. The lowest BCUT2D eigenvalue weighted by Crippen LogP contribution is -2.27. The highest BCUT2D eigenvalue weighted by Crippen LogP contribution is 2.21. The summed E-state index contributed by atoms with van der Waals surface area (Å²) < 4.78 is 8.37. The smallest absolute Gasteiger partial charge is 0.160 e. The van der Waals surface area contributed by atoms with Crippen molar-refractivity contribution < 1.29 is 4.74 Å². The van der Waals surface area contributed by atoms with Crippen LogP contribution >= 0.6 is 15.9 Å². The van der Waals surface area contributed by atoms with Gasteiger partial charge in [-0.25, -0.2) is 4.68 Å². The summed E-state index contributed by atoms with van der Waals surface area (Å²) in [6, 6.07) is 7.91. The Morgan fingerprint density at radius 1 is 1.41 bits per heavy atom. The van der Waals surface area contributed by atoms with Gasteiger partial charge < -0.3 is 4.74 Å². The van der Waals surface area contributed by atoms with Crippen molar-refractivity contribution in [3.8, 4) is 11.4 Å². The van der Waals surface area contributed by atoms with E-state index in [1.165, 1.54) is 0 Å². The van der Waals surface area contributed by atoms with E-state index in [9.17, 15) is 0 Å². The number of hydrogen-bond donors (Lipinski definition) is 1. The van der Waals surface area contributed by atoms with Crippen molar-refractivity contribution in [1.82, 2.24) is 15.1 Å². The van der Waals surface area contributed by atoms with Gasteiger partial charge in [-0.05, 0) is 42.0 Å². The molecule has 1 atom stereocenters. The molecule has 0 saturated heterocycles. The SMILES string of the molecule is CNC(C)Oc1cnn(-c2ccccc2Br)c1. The highest BCUT2D eigenvalue weighted by atomic mass is 79.9. The number of ether oxygens (including phenoxy) is 1. The number of benzene rings is 1. The van der Waals surface area contributed by atoms with Crippen LogP contribution in [0.4, 0.5) is 0 Å². The fourth-order valence-electron chi connectivity index (χ4n) is 1.40. The molecule has 0 saturated carbocycles. The highest BCUT2D eigenvalue weighted by molar-refractivity contribution is 9.10. The lowest BCUT2D eigenvalue weighted by Gasteiger charge is -2.10. The molecule has 1 unspecified atom stereocenters. The van der Waals surface area contributed by atoms with Gasteiger partial charge in [0.1, 0.15) is 6.23 Å². The van der Waals surface area contributed by atoms with Gasteiger partial charge in [0, 0.05) is 4.47 Å². The molecule has 4 nitrogen and oxygen atoms in total. The average Bonchev–Trinajstić information content (AvgIpc) is 2.78. The molecular formula is C12H14BrN3O. The molecule has 1 heterocycles. The van der Waals surface area contributed by atoms with Crippen LogP contribution in [0.1, 0.15) is 6.92 Å². The lowest BCUT2D eigenvalue weighted by atomic mass is 10.3. The second kappa shape index (κ2) is 5.33. The number of rotatable bonds is 4. The molecule has 17 heavy (non-hydrogen) atoms. The molecule has 0 aliphatic rings. The van der Waals surface area contributed by atoms with Crippen LogP contribution in [0.3, 0.4) is 0 Å². The molecule has 1 aromatic heterocycles. The summed E-state index contributed by atoms with van der Waals surface area (Å²) in [5, 5.41) is 7.27. The fourth-order valence-corrected chi connectivity index (χ4v) is 1.87. The largest absolute Gasteiger partial charge is 0.472 e. The van der Waals surface area contributed by atoms with Gasteiger partial charge in [0.05, 0.1) is 18.1 Å². The minimum atomic E-state index is -0.0353. The molecule has 0 spiro atoms. The lowest BCUT2D eigenvalue weighted by molar-refractivity contribution is 0.193. The molecule has 0 aliphatic carbocycles. The predicted molar refractivity (Wildman–Crippen MR) is 70.4 cm³/mol. The van der Waals surface area contributed by atoms with Gasteiger partial charge in [0.2, 0.25) is 0 Å². The van der Waals surface area contributed by atoms with Crippen LogP contribution in [0.15, 0.2) is 41.1 Å². The standard InChI is InChI=1S/C12H14BrN3O/c1-9(14-2)17-10-7-15-16(8-10)12-6-4-3-5-11(12)13/h3-9,14H,1-2H3. The van der Waals surface area contributed by atoms with Gasteiger partial charge >= 0.3 is 0 Å². The summed E-state index contributed by atoms with van der Waals surface area (Å²) in [7, 11) is 1.85. The number of nitrogens with one attached hydrogen (secondary N) is 1. The second-order valence-electron chi connectivity index (χ2n) is 3.62. The van der Waals surface area contributed by atoms with Crippen LogP contribution in [-0.2, 0) is 0 Å². The maximum atomic E-state index is 5.60. The first-order chi connectivity index (χ1) is 8.20. The molecule has 2 aromatic rings. The summed E-state index contributed by atoms with van der Waals surface area (Å²) >= 11 is 3.49. The Bertz CT molecular complexity index is 498. The molecule has 0 aliphatic heterocycles. The molecule has 90 valence electrons. The van der Waals surface area contributed by atoms with Crippen molar-refractivity contribution in [1.29, 1.82) is 0 Å². The highest BCUT2D eigenvalue weighted by Gasteiger charge is 2.06. The van der Waals surface area contributed by atoms with Gasteiger partial charge in [0.25, 0.3) is 0 Å². The van der Waals surface area contributed by atoms with Gasteiger partial charge in [0.15, 0.2) is 5.75 Å².